The molecule has 0 saturated heterocycles. The summed E-state index contributed by atoms with van der Waals surface area (Å²) in [6, 6.07) is 30.3. The van der Waals surface area contributed by atoms with Crippen molar-refractivity contribution in [3.63, 3.8) is 0 Å². The van der Waals surface area contributed by atoms with E-state index >= 15 is 0 Å². The fraction of sp³-hybridized carbons (Fsp3) is 0.143. The number of hydrogen-bond acceptors (Lipinski definition) is 1. The lowest BCUT2D eigenvalue weighted by atomic mass is 9.86. The molecular weight excluding hydrogens is 366 g/mol. The van der Waals surface area contributed by atoms with Crippen molar-refractivity contribution in [1.29, 1.82) is 0 Å². The molecule has 0 aliphatic carbocycles. The van der Waals surface area contributed by atoms with E-state index in [0.29, 0.717) is 0 Å². The van der Waals surface area contributed by atoms with Crippen LogP contribution < -0.4 is 0 Å². The van der Waals surface area contributed by atoms with E-state index in [4.69, 9.17) is 4.42 Å². The Hall–Kier alpha value is -3.52. The van der Waals surface area contributed by atoms with Gasteiger partial charge in [0.25, 0.3) is 0 Å². The third kappa shape index (κ3) is 2.43. The summed E-state index contributed by atoms with van der Waals surface area (Å²) in [5, 5.41) is 4.90. The second-order valence-corrected chi connectivity index (χ2v) is 9.11. The lowest BCUT2D eigenvalue weighted by Gasteiger charge is -2.19. The van der Waals surface area contributed by atoms with Gasteiger partial charge in [0.05, 0.1) is 11.0 Å². The van der Waals surface area contributed by atoms with Gasteiger partial charge in [0, 0.05) is 27.2 Å². The van der Waals surface area contributed by atoms with Gasteiger partial charge >= 0.3 is 0 Å². The van der Waals surface area contributed by atoms with Gasteiger partial charge in [0.2, 0.25) is 0 Å². The quantitative estimate of drug-likeness (QED) is 0.279. The summed E-state index contributed by atoms with van der Waals surface area (Å²) in [4.78, 5) is 0. The molecule has 0 spiro atoms. The van der Waals surface area contributed by atoms with E-state index in [1.165, 1.54) is 27.4 Å². The van der Waals surface area contributed by atoms with Crippen LogP contribution >= 0.6 is 0 Å². The van der Waals surface area contributed by atoms with Crippen molar-refractivity contribution in [3.8, 4) is 5.69 Å². The summed E-state index contributed by atoms with van der Waals surface area (Å²) in [6.07, 6.45) is 0. The standard InChI is InChI=1S/C28H23NO/c1-28(2,3)18-12-14-25-22(16-18)20-8-4-6-10-24(20)29(25)19-13-15-27-23(17-19)21-9-5-7-11-26(21)30-27/h4-17H,1-3H3. The Balaban J connectivity index is 1.70. The van der Waals surface area contributed by atoms with Gasteiger partial charge in [0.1, 0.15) is 11.2 Å². The number of para-hydroxylation sites is 2. The zero-order valence-electron chi connectivity index (χ0n) is 17.4. The minimum atomic E-state index is 0.117. The first-order chi connectivity index (χ1) is 14.5. The maximum absolute atomic E-state index is 6.04. The molecular formula is C28H23NO. The molecule has 4 aromatic carbocycles. The summed E-state index contributed by atoms with van der Waals surface area (Å²) in [5.41, 5.74) is 6.95. The summed E-state index contributed by atoms with van der Waals surface area (Å²) in [7, 11) is 0. The highest BCUT2D eigenvalue weighted by Crippen LogP contribution is 2.37. The van der Waals surface area contributed by atoms with Crippen molar-refractivity contribution in [2.24, 2.45) is 0 Å². The second-order valence-electron chi connectivity index (χ2n) is 9.11. The van der Waals surface area contributed by atoms with Crippen LogP contribution in [0.3, 0.4) is 0 Å². The van der Waals surface area contributed by atoms with Crippen LogP contribution in [-0.2, 0) is 5.41 Å². The molecule has 6 aromatic rings. The largest absolute Gasteiger partial charge is 0.456 e. The Bertz CT molecular complexity index is 1570. The Morgan fingerprint density at radius 1 is 0.600 bits per heavy atom. The van der Waals surface area contributed by atoms with Gasteiger partial charge in [-0.15, -0.1) is 0 Å². The SMILES string of the molecule is CC(C)(C)c1ccc2c(c1)c1ccccc1n2-c1ccc2oc3ccccc3c2c1. The Morgan fingerprint density at radius 2 is 1.30 bits per heavy atom. The Labute approximate surface area is 175 Å². The van der Waals surface area contributed by atoms with E-state index in [1.54, 1.807) is 0 Å². The molecule has 0 radical (unpaired) electrons. The van der Waals surface area contributed by atoms with Crippen LogP contribution in [0.5, 0.6) is 0 Å². The molecule has 2 aromatic heterocycles. The monoisotopic (exact) mass is 389 g/mol. The number of rotatable bonds is 1. The Morgan fingerprint density at radius 3 is 2.13 bits per heavy atom. The predicted octanol–water partition coefficient (Wildman–Crippen LogP) is 7.98. The van der Waals surface area contributed by atoms with Crippen LogP contribution in [0.4, 0.5) is 0 Å². The number of benzene rings is 4. The van der Waals surface area contributed by atoms with Gasteiger partial charge in [0.15, 0.2) is 0 Å². The summed E-state index contributed by atoms with van der Waals surface area (Å²) in [6.45, 7) is 6.81. The van der Waals surface area contributed by atoms with Crippen LogP contribution in [0, 0.1) is 0 Å². The molecule has 2 heteroatoms. The molecule has 2 nitrogen and oxygen atoms in total. The third-order valence-electron chi connectivity index (χ3n) is 6.16. The van der Waals surface area contributed by atoms with Crippen LogP contribution in [-0.4, -0.2) is 4.57 Å². The summed E-state index contributed by atoms with van der Waals surface area (Å²) < 4.78 is 8.42. The molecule has 146 valence electrons. The van der Waals surface area contributed by atoms with E-state index in [0.717, 1.165) is 27.6 Å². The molecule has 0 N–H and O–H groups in total. The maximum atomic E-state index is 6.04. The molecule has 0 bridgehead atoms. The van der Waals surface area contributed by atoms with Gasteiger partial charge in [-0.3, -0.25) is 0 Å². The molecule has 0 aliphatic heterocycles. The number of furan rings is 1. The van der Waals surface area contributed by atoms with Crippen molar-refractivity contribution < 1.29 is 4.42 Å². The number of nitrogens with zero attached hydrogens (tertiary/aromatic N) is 1. The molecule has 30 heavy (non-hydrogen) atoms. The Kier molecular flexibility index (Phi) is 3.47. The highest BCUT2D eigenvalue weighted by atomic mass is 16.3. The third-order valence-corrected chi connectivity index (χ3v) is 6.16. The highest BCUT2D eigenvalue weighted by molar-refractivity contribution is 6.10. The zero-order chi connectivity index (χ0) is 20.5. The van der Waals surface area contributed by atoms with Crippen molar-refractivity contribution in [2.75, 3.05) is 0 Å². The minimum absolute atomic E-state index is 0.117. The lowest BCUT2D eigenvalue weighted by molar-refractivity contribution is 0.591. The molecule has 0 atom stereocenters. The normalized spacial score (nSPS) is 12.5. The smallest absolute Gasteiger partial charge is 0.135 e. The van der Waals surface area contributed by atoms with Crippen molar-refractivity contribution >= 4 is 43.7 Å². The lowest BCUT2D eigenvalue weighted by Crippen LogP contribution is -2.10. The van der Waals surface area contributed by atoms with E-state index in [-0.39, 0.29) is 5.41 Å². The van der Waals surface area contributed by atoms with Crippen LogP contribution in [0.2, 0.25) is 0 Å². The first-order valence-electron chi connectivity index (χ1n) is 10.5. The average Bonchev–Trinajstić information content (AvgIpc) is 3.28. The van der Waals surface area contributed by atoms with Gasteiger partial charge in [-0.1, -0.05) is 63.2 Å². The topological polar surface area (TPSA) is 18.1 Å². The van der Waals surface area contributed by atoms with Gasteiger partial charge in [-0.05, 0) is 53.4 Å². The zero-order valence-corrected chi connectivity index (χ0v) is 17.4. The van der Waals surface area contributed by atoms with Crippen molar-refractivity contribution in [3.05, 3.63) is 90.5 Å². The first-order valence-corrected chi connectivity index (χ1v) is 10.5. The van der Waals surface area contributed by atoms with Crippen LogP contribution in [0.1, 0.15) is 26.3 Å². The molecule has 6 rings (SSSR count). The highest BCUT2D eigenvalue weighted by Gasteiger charge is 2.18. The molecule has 0 aliphatic rings. The molecule has 0 fully saturated rings. The van der Waals surface area contributed by atoms with Crippen molar-refractivity contribution in [1.82, 2.24) is 4.57 Å². The van der Waals surface area contributed by atoms with E-state index in [2.05, 4.69) is 98.1 Å². The number of fused-ring (bicyclic) bond motifs is 6. The number of aromatic nitrogens is 1. The molecule has 2 heterocycles. The predicted molar refractivity (Wildman–Crippen MR) is 127 cm³/mol. The van der Waals surface area contributed by atoms with Gasteiger partial charge in [-0.2, -0.15) is 0 Å². The van der Waals surface area contributed by atoms with Crippen molar-refractivity contribution in [2.45, 2.75) is 26.2 Å². The summed E-state index contributed by atoms with van der Waals surface area (Å²) in [5.74, 6) is 0. The second kappa shape index (κ2) is 5.99. The fourth-order valence-corrected chi connectivity index (χ4v) is 4.57. The minimum Gasteiger partial charge on any atom is -0.456 e. The van der Waals surface area contributed by atoms with Crippen LogP contribution in [0.15, 0.2) is 89.3 Å². The van der Waals surface area contributed by atoms with Crippen LogP contribution in [0.25, 0.3) is 49.4 Å². The van der Waals surface area contributed by atoms with Gasteiger partial charge in [-0.25, -0.2) is 0 Å². The fourth-order valence-electron chi connectivity index (χ4n) is 4.57. The summed E-state index contributed by atoms with van der Waals surface area (Å²) >= 11 is 0. The number of hydrogen-bond donors (Lipinski definition) is 0. The molecule has 0 unspecified atom stereocenters. The van der Waals surface area contributed by atoms with E-state index < -0.39 is 0 Å². The van der Waals surface area contributed by atoms with E-state index in [9.17, 15) is 0 Å². The molecule has 0 amide bonds. The van der Waals surface area contributed by atoms with E-state index in [1.807, 2.05) is 12.1 Å². The first kappa shape index (κ1) is 17.3. The van der Waals surface area contributed by atoms with Gasteiger partial charge < -0.3 is 8.98 Å². The average molecular weight is 389 g/mol. The maximum Gasteiger partial charge on any atom is 0.135 e. The molecule has 0 saturated carbocycles.